The largest absolute Gasteiger partial charge is 0.351 e. The maximum atomic E-state index is 12.3. The van der Waals surface area contributed by atoms with Crippen molar-refractivity contribution in [2.24, 2.45) is 0 Å². The third-order valence-electron chi connectivity index (χ3n) is 3.37. The second-order valence-electron chi connectivity index (χ2n) is 4.41. The number of rotatable bonds is 3. The summed E-state index contributed by atoms with van der Waals surface area (Å²) in [4.78, 5) is 14.2. The molecule has 94 valence electrons. The lowest BCUT2D eigenvalue weighted by Gasteiger charge is -2.39. The summed E-state index contributed by atoms with van der Waals surface area (Å²) in [6, 6.07) is 2.25. The van der Waals surface area contributed by atoms with E-state index in [0.29, 0.717) is 11.8 Å². The first kappa shape index (κ1) is 12.1. The van der Waals surface area contributed by atoms with Crippen molar-refractivity contribution in [1.29, 1.82) is 0 Å². The molecule has 1 aliphatic rings. The monoisotopic (exact) mass is 237 g/mol. The second-order valence-corrected chi connectivity index (χ2v) is 4.41. The van der Waals surface area contributed by atoms with Crippen LogP contribution in [0.4, 0.5) is 0 Å². The van der Waals surface area contributed by atoms with Crippen molar-refractivity contribution in [3.05, 3.63) is 18.0 Å². The van der Waals surface area contributed by atoms with Crippen LogP contribution >= 0.6 is 0 Å². The first-order valence-corrected chi connectivity index (χ1v) is 6.21. The summed E-state index contributed by atoms with van der Waals surface area (Å²) in [6.07, 6.45) is 3.48. The molecule has 0 bridgehead atoms. The number of carbonyl (C=O) groups excluding carboxylic acids is 1. The zero-order chi connectivity index (χ0) is 12.3. The number of nitrogens with one attached hydrogen (secondary N) is 1. The summed E-state index contributed by atoms with van der Waals surface area (Å²) in [5.74, 6) is 0.287. The van der Waals surface area contributed by atoms with Crippen molar-refractivity contribution < 1.29 is 9.32 Å². The van der Waals surface area contributed by atoms with E-state index in [1.165, 1.54) is 6.20 Å². The Morgan fingerprint density at radius 1 is 1.59 bits per heavy atom. The van der Waals surface area contributed by atoms with Gasteiger partial charge in [0.15, 0.2) is 0 Å². The lowest BCUT2D eigenvalue weighted by atomic mass is 10.0. The van der Waals surface area contributed by atoms with Crippen molar-refractivity contribution in [2.75, 3.05) is 13.1 Å². The summed E-state index contributed by atoms with van der Waals surface area (Å²) >= 11 is 0. The molecule has 2 unspecified atom stereocenters. The number of aromatic nitrogens is 1. The normalized spacial score (nSPS) is 24.9. The van der Waals surface area contributed by atoms with E-state index in [1.807, 2.05) is 4.90 Å². The van der Waals surface area contributed by atoms with Crippen molar-refractivity contribution in [1.82, 2.24) is 15.4 Å². The second kappa shape index (κ2) is 5.31. The van der Waals surface area contributed by atoms with Gasteiger partial charge < -0.3 is 14.7 Å². The van der Waals surface area contributed by atoms with Crippen LogP contribution in [0, 0.1) is 0 Å². The van der Waals surface area contributed by atoms with Gasteiger partial charge in [-0.25, -0.2) is 0 Å². The van der Waals surface area contributed by atoms with Gasteiger partial charge in [-0.15, -0.1) is 0 Å². The molecule has 1 fully saturated rings. The fraction of sp³-hybridized carbons (Fsp3) is 0.667. The molecule has 0 radical (unpaired) electrons. The Morgan fingerprint density at radius 2 is 2.41 bits per heavy atom. The molecule has 2 rings (SSSR count). The lowest BCUT2D eigenvalue weighted by Crippen LogP contribution is -2.57. The van der Waals surface area contributed by atoms with Crippen LogP contribution in [0.15, 0.2) is 16.8 Å². The van der Waals surface area contributed by atoms with E-state index in [0.717, 1.165) is 25.9 Å². The predicted octanol–water partition coefficient (Wildman–Crippen LogP) is 1.28. The molecule has 1 amide bonds. The van der Waals surface area contributed by atoms with Crippen LogP contribution in [-0.4, -0.2) is 41.1 Å². The van der Waals surface area contributed by atoms with E-state index in [9.17, 15) is 4.79 Å². The highest BCUT2D eigenvalue weighted by Crippen LogP contribution is 2.15. The number of amides is 1. The highest BCUT2D eigenvalue weighted by Gasteiger charge is 2.31. The Bertz CT molecular complexity index is 364. The standard InChI is InChI=1S/C12H19N3O2/c1-3-9-8-15(10(4-2)7-13-9)12(16)11-5-6-14-17-11/h5-6,9-10,13H,3-4,7-8H2,1-2H3. The quantitative estimate of drug-likeness (QED) is 0.860. The summed E-state index contributed by atoms with van der Waals surface area (Å²) in [5, 5.41) is 7.05. The van der Waals surface area contributed by atoms with Crippen LogP contribution in [-0.2, 0) is 0 Å². The Morgan fingerprint density at radius 3 is 3.00 bits per heavy atom. The highest BCUT2D eigenvalue weighted by molar-refractivity contribution is 5.91. The predicted molar refractivity (Wildman–Crippen MR) is 63.7 cm³/mol. The number of carbonyl (C=O) groups is 1. The van der Waals surface area contributed by atoms with Crippen LogP contribution in [0.3, 0.4) is 0 Å². The molecule has 1 saturated heterocycles. The summed E-state index contributed by atoms with van der Waals surface area (Å²) in [5.41, 5.74) is 0. The molecule has 0 aromatic carbocycles. The maximum absolute atomic E-state index is 12.3. The van der Waals surface area contributed by atoms with Gasteiger partial charge in [-0.3, -0.25) is 4.79 Å². The average molecular weight is 237 g/mol. The van der Waals surface area contributed by atoms with Gasteiger partial charge in [-0.05, 0) is 12.8 Å². The number of hydrogen-bond acceptors (Lipinski definition) is 4. The number of piperazine rings is 1. The number of nitrogens with zero attached hydrogens (tertiary/aromatic N) is 2. The van der Waals surface area contributed by atoms with Crippen LogP contribution < -0.4 is 5.32 Å². The molecular weight excluding hydrogens is 218 g/mol. The Kier molecular flexibility index (Phi) is 3.78. The van der Waals surface area contributed by atoms with Gasteiger partial charge in [-0.1, -0.05) is 19.0 Å². The number of hydrogen-bond donors (Lipinski definition) is 1. The van der Waals surface area contributed by atoms with Crippen molar-refractivity contribution in [3.63, 3.8) is 0 Å². The third kappa shape index (κ3) is 2.49. The van der Waals surface area contributed by atoms with E-state index >= 15 is 0 Å². The minimum absolute atomic E-state index is 0.0469. The molecule has 1 N–H and O–H groups in total. The van der Waals surface area contributed by atoms with Gasteiger partial charge in [0.05, 0.1) is 6.20 Å². The highest BCUT2D eigenvalue weighted by atomic mass is 16.5. The van der Waals surface area contributed by atoms with Crippen LogP contribution in [0.2, 0.25) is 0 Å². The van der Waals surface area contributed by atoms with E-state index in [4.69, 9.17) is 4.52 Å². The Hall–Kier alpha value is -1.36. The maximum Gasteiger partial charge on any atom is 0.292 e. The molecule has 0 spiro atoms. The smallest absolute Gasteiger partial charge is 0.292 e. The first-order chi connectivity index (χ1) is 8.26. The minimum Gasteiger partial charge on any atom is -0.351 e. The van der Waals surface area contributed by atoms with Gasteiger partial charge in [0.2, 0.25) is 5.76 Å². The molecule has 5 heteroatoms. The van der Waals surface area contributed by atoms with Gasteiger partial charge >= 0.3 is 0 Å². The van der Waals surface area contributed by atoms with E-state index in [2.05, 4.69) is 24.3 Å². The van der Waals surface area contributed by atoms with Crippen molar-refractivity contribution >= 4 is 5.91 Å². The fourth-order valence-electron chi connectivity index (χ4n) is 2.22. The molecular formula is C12H19N3O2. The zero-order valence-corrected chi connectivity index (χ0v) is 10.3. The average Bonchev–Trinajstić information content (AvgIpc) is 2.91. The molecule has 0 saturated carbocycles. The van der Waals surface area contributed by atoms with Crippen molar-refractivity contribution in [3.8, 4) is 0 Å². The lowest BCUT2D eigenvalue weighted by molar-refractivity contribution is 0.0534. The molecule has 1 aliphatic heterocycles. The van der Waals surface area contributed by atoms with E-state index in [1.54, 1.807) is 6.07 Å². The van der Waals surface area contributed by atoms with Gasteiger partial charge in [-0.2, -0.15) is 0 Å². The first-order valence-electron chi connectivity index (χ1n) is 6.21. The molecule has 1 aromatic heterocycles. The van der Waals surface area contributed by atoms with E-state index in [-0.39, 0.29) is 11.9 Å². The molecule has 1 aromatic rings. The summed E-state index contributed by atoms with van der Waals surface area (Å²) in [6.45, 7) is 5.82. The SMILES string of the molecule is CCC1CN(C(=O)c2ccno2)C(CC)CN1. The van der Waals surface area contributed by atoms with Crippen LogP contribution in [0.25, 0.3) is 0 Å². The topological polar surface area (TPSA) is 58.4 Å². The molecule has 5 nitrogen and oxygen atoms in total. The third-order valence-corrected chi connectivity index (χ3v) is 3.37. The van der Waals surface area contributed by atoms with Gasteiger partial charge in [0.1, 0.15) is 0 Å². The molecule has 2 atom stereocenters. The Balaban J connectivity index is 2.12. The van der Waals surface area contributed by atoms with Gasteiger partial charge in [0, 0.05) is 31.2 Å². The fourth-order valence-corrected chi connectivity index (χ4v) is 2.22. The summed E-state index contributed by atoms with van der Waals surface area (Å²) < 4.78 is 4.95. The zero-order valence-electron chi connectivity index (χ0n) is 10.3. The molecule has 2 heterocycles. The van der Waals surface area contributed by atoms with Crippen molar-refractivity contribution in [2.45, 2.75) is 38.8 Å². The van der Waals surface area contributed by atoms with Crippen LogP contribution in [0.1, 0.15) is 37.2 Å². The van der Waals surface area contributed by atoms with Crippen LogP contribution in [0.5, 0.6) is 0 Å². The molecule has 0 aliphatic carbocycles. The van der Waals surface area contributed by atoms with Gasteiger partial charge in [0.25, 0.3) is 5.91 Å². The Labute approximate surface area is 101 Å². The minimum atomic E-state index is -0.0469. The van der Waals surface area contributed by atoms with E-state index < -0.39 is 0 Å². The summed E-state index contributed by atoms with van der Waals surface area (Å²) in [7, 11) is 0. The molecule has 17 heavy (non-hydrogen) atoms.